The first kappa shape index (κ1) is 19.8. The van der Waals surface area contributed by atoms with Crippen molar-refractivity contribution in [2.75, 3.05) is 46.1 Å². The summed E-state index contributed by atoms with van der Waals surface area (Å²) < 4.78 is 5.57. The van der Waals surface area contributed by atoms with Crippen molar-refractivity contribution in [1.29, 1.82) is 0 Å². The molecule has 144 valence electrons. The molecule has 2 unspecified atom stereocenters. The van der Waals surface area contributed by atoms with E-state index in [1.807, 2.05) is 0 Å². The van der Waals surface area contributed by atoms with E-state index in [0.717, 1.165) is 52.5 Å². The van der Waals surface area contributed by atoms with Crippen molar-refractivity contribution < 1.29 is 4.74 Å². The predicted octanol–water partition coefficient (Wildman–Crippen LogP) is 3.60. The molecule has 0 aliphatic carbocycles. The van der Waals surface area contributed by atoms with Crippen LogP contribution in [0.15, 0.2) is 41.5 Å². The van der Waals surface area contributed by atoms with E-state index in [1.165, 1.54) is 16.7 Å². The molecule has 0 bridgehead atoms. The molecule has 2 aliphatic heterocycles. The highest BCUT2D eigenvalue weighted by Gasteiger charge is 2.42. The van der Waals surface area contributed by atoms with Gasteiger partial charge in [-0.3, -0.25) is 9.80 Å². The highest BCUT2D eigenvalue weighted by atomic mass is 35.5. The van der Waals surface area contributed by atoms with Gasteiger partial charge < -0.3 is 10.1 Å². The van der Waals surface area contributed by atoms with Crippen molar-refractivity contribution in [2.24, 2.45) is 0 Å². The highest BCUT2D eigenvalue weighted by Crippen LogP contribution is 2.43. The van der Waals surface area contributed by atoms with Gasteiger partial charge in [-0.15, -0.1) is 0 Å². The Morgan fingerprint density at radius 2 is 1.92 bits per heavy atom. The fraction of sp³-hybridized carbons (Fsp3) is 0.619. The molecule has 2 atom stereocenters. The smallest absolute Gasteiger partial charge is 0.117 e. The van der Waals surface area contributed by atoms with Crippen LogP contribution in [-0.4, -0.2) is 60.9 Å². The Morgan fingerprint density at radius 3 is 2.50 bits per heavy atom. The molecule has 1 aromatic carbocycles. The van der Waals surface area contributed by atoms with E-state index in [0.29, 0.717) is 0 Å². The minimum atomic E-state index is -0.521. The second kappa shape index (κ2) is 8.85. The van der Waals surface area contributed by atoms with Crippen molar-refractivity contribution in [1.82, 2.24) is 15.1 Å². The van der Waals surface area contributed by atoms with E-state index in [9.17, 15) is 0 Å². The summed E-state index contributed by atoms with van der Waals surface area (Å²) in [4.78, 5) is 4.38. The Kier molecular flexibility index (Phi) is 6.76. The Hall–Kier alpha value is -0.910. The second-order valence-electron chi connectivity index (χ2n) is 7.38. The first-order chi connectivity index (χ1) is 12.6. The van der Waals surface area contributed by atoms with Crippen LogP contribution < -0.4 is 5.32 Å². The third-order valence-electron chi connectivity index (χ3n) is 5.73. The number of halogens is 1. The van der Waals surface area contributed by atoms with Crippen LogP contribution in [0.5, 0.6) is 0 Å². The zero-order valence-corrected chi connectivity index (χ0v) is 17.1. The minimum Gasteiger partial charge on any atom is -0.379 e. The van der Waals surface area contributed by atoms with Gasteiger partial charge in [0.05, 0.1) is 19.3 Å². The van der Waals surface area contributed by atoms with Gasteiger partial charge >= 0.3 is 0 Å². The van der Waals surface area contributed by atoms with Crippen LogP contribution in [0, 0.1) is 0 Å². The number of nitrogens with zero attached hydrogens (tertiary/aromatic N) is 2. The molecule has 4 nitrogen and oxygen atoms in total. The van der Waals surface area contributed by atoms with Gasteiger partial charge in [-0.1, -0.05) is 54.4 Å². The normalized spacial score (nSPS) is 24.2. The van der Waals surface area contributed by atoms with Crippen LogP contribution in [0.2, 0.25) is 0 Å². The second-order valence-corrected chi connectivity index (χ2v) is 8.12. The Morgan fingerprint density at radius 1 is 1.23 bits per heavy atom. The van der Waals surface area contributed by atoms with Gasteiger partial charge in [-0.25, -0.2) is 0 Å². The van der Waals surface area contributed by atoms with Gasteiger partial charge in [0.2, 0.25) is 0 Å². The number of allylic oxidation sites excluding steroid dienone is 1. The molecular weight excluding hydrogens is 346 g/mol. The van der Waals surface area contributed by atoms with Gasteiger partial charge in [0.15, 0.2) is 0 Å². The zero-order chi connectivity index (χ0) is 18.6. The lowest BCUT2D eigenvalue weighted by atomic mass is 9.86. The van der Waals surface area contributed by atoms with Crippen molar-refractivity contribution in [3.05, 3.63) is 47.0 Å². The van der Waals surface area contributed by atoms with Gasteiger partial charge in [0, 0.05) is 32.8 Å². The maximum Gasteiger partial charge on any atom is 0.117 e. The summed E-state index contributed by atoms with van der Waals surface area (Å²) in [6.07, 6.45) is 1.01. The lowest BCUT2D eigenvalue weighted by molar-refractivity contribution is 0.0141. The number of hydrogen-bond acceptors (Lipinski definition) is 4. The maximum atomic E-state index is 7.34. The van der Waals surface area contributed by atoms with Crippen molar-refractivity contribution in [3.8, 4) is 0 Å². The molecule has 2 heterocycles. The summed E-state index contributed by atoms with van der Waals surface area (Å²) in [6, 6.07) is 11.0. The monoisotopic (exact) mass is 377 g/mol. The molecule has 2 saturated heterocycles. The number of rotatable bonds is 6. The Balaban J connectivity index is 2.06. The topological polar surface area (TPSA) is 27.7 Å². The van der Waals surface area contributed by atoms with Crippen molar-refractivity contribution >= 4 is 11.6 Å². The number of nitrogens with one attached hydrogen (secondary N) is 1. The van der Waals surface area contributed by atoms with Gasteiger partial charge in [-0.05, 0) is 31.4 Å². The van der Waals surface area contributed by atoms with E-state index in [4.69, 9.17) is 16.3 Å². The summed E-state index contributed by atoms with van der Waals surface area (Å²) in [7, 11) is 0. The summed E-state index contributed by atoms with van der Waals surface area (Å²) in [5.74, 6) is 0. The molecule has 5 heteroatoms. The molecular formula is C21H32ClN3O. The van der Waals surface area contributed by atoms with Crippen LogP contribution in [0.4, 0.5) is 0 Å². The number of alkyl halides is 1. The molecule has 1 N–H and O–H groups in total. The quantitative estimate of drug-likeness (QED) is 0.465. The fourth-order valence-electron chi connectivity index (χ4n) is 4.16. The zero-order valence-electron chi connectivity index (χ0n) is 16.3. The summed E-state index contributed by atoms with van der Waals surface area (Å²) in [6.45, 7) is 12.9. The van der Waals surface area contributed by atoms with E-state index in [1.54, 1.807) is 0 Å². The molecule has 2 aliphatic rings. The predicted molar refractivity (Wildman–Crippen MR) is 108 cm³/mol. The molecule has 0 aromatic heterocycles. The van der Waals surface area contributed by atoms with Gasteiger partial charge in [0.1, 0.15) is 5.00 Å². The molecule has 1 aromatic rings. The Labute approximate surface area is 163 Å². The van der Waals surface area contributed by atoms with Crippen LogP contribution in [0.1, 0.15) is 38.8 Å². The number of hydrogen-bond donors (Lipinski definition) is 1. The third kappa shape index (κ3) is 4.15. The standard InChI is InChI=1S/C21H32ClN3O/c1-4-17(2)19(21(3,22)25-12-14-26-15-13-25)20(24-11-10-23-16-24)18-8-6-5-7-9-18/h5-9,20,23H,4,10-16H2,1-3H3/b19-17-. The largest absolute Gasteiger partial charge is 0.379 e. The number of benzene rings is 1. The highest BCUT2D eigenvalue weighted by molar-refractivity contribution is 6.25. The van der Waals surface area contributed by atoms with E-state index >= 15 is 0 Å². The molecule has 0 saturated carbocycles. The van der Waals surface area contributed by atoms with E-state index in [2.05, 4.69) is 66.2 Å². The molecule has 0 amide bonds. The molecule has 26 heavy (non-hydrogen) atoms. The summed E-state index contributed by atoms with van der Waals surface area (Å²) in [5, 5.41) is 3.49. The molecule has 2 fully saturated rings. The van der Waals surface area contributed by atoms with Gasteiger partial charge in [-0.2, -0.15) is 0 Å². The molecule has 0 spiro atoms. The first-order valence-electron chi connectivity index (χ1n) is 9.77. The fourth-order valence-corrected chi connectivity index (χ4v) is 4.59. The van der Waals surface area contributed by atoms with Crippen LogP contribution in [-0.2, 0) is 4.74 Å². The SMILES string of the molecule is CC/C(C)=C(/C(c1ccccc1)N1CCNC1)C(C)(Cl)N1CCOCC1. The third-order valence-corrected chi connectivity index (χ3v) is 6.17. The molecule has 0 radical (unpaired) electrons. The average molecular weight is 378 g/mol. The minimum absolute atomic E-state index is 0.191. The van der Waals surface area contributed by atoms with E-state index in [-0.39, 0.29) is 6.04 Å². The Bertz CT molecular complexity index is 605. The van der Waals surface area contributed by atoms with Gasteiger partial charge in [0.25, 0.3) is 0 Å². The molecule has 3 rings (SSSR count). The number of morpholine rings is 1. The van der Waals surface area contributed by atoms with Crippen LogP contribution in [0.3, 0.4) is 0 Å². The van der Waals surface area contributed by atoms with Crippen molar-refractivity contribution in [3.63, 3.8) is 0 Å². The van der Waals surface area contributed by atoms with Crippen LogP contribution in [0.25, 0.3) is 0 Å². The average Bonchev–Trinajstić information content (AvgIpc) is 3.21. The summed E-state index contributed by atoms with van der Waals surface area (Å²) in [5.41, 5.74) is 4.03. The lowest BCUT2D eigenvalue weighted by Crippen LogP contribution is -2.52. The van der Waals surface area contributed by atoms with Crippen molar-refractivity contribution in [2.45, 2.75) is 38.2 Å². The van der Waals surface area contributed by atoms with E-state index < -0.39 is 5.00 Å². The summed E-state index contributed by atoms with van der Waals surface area (Å²) >= 11 is 7.34. The maximum absolute atomic E-state index is 7.34. The number of ether oxygens (including phenoxy) is 1. The first-order valence-corrected chi connectivity index (χ1v) is 10.1. The van der Waals surface area contributed by atoms with Crippen LogP contribution >= 0.6 is 11.6 Å². The lowest BCUT2D eigenvalue weighted by Gasteiger charge is -2.45.